The number of aliphatic carboxylic acids is 2. The first-order chi connectivity index (χ1) is 16.3. The quantitative estimate of drug-likeness (QED) is 0.552. The van der Waals surface area contributed by atoms with Gasteiger partial charge in [0.25, 0.3) is 5.91 Å². The van der Waals surface area contributed by atoms with Crippen molar-refractivity contribution in [2.75, 3.05) is 46.5 Å². The number of rotatable bonds is 8. The molecule has 1 aliphatic rings. The standard InChI is InChI=1S/C22H28N2O4.C2H2O4/c1-3-27-21-15-18(9-10-20(21)26-2)16-23-11-13-24(14-12-23)22(25)17-28-19-7-5-4-6-8-19;3-1(4)2(5)6/h4-10,15H,3,11-14,16-17H2,1-2H3;(H,3,4)(H,5,6). The zero-order valence-electron chi connectivity index (χ0n) is 19.3. The third-order valence-electron chi connectivity index (χ3n) is 4.95. The molecule has 10 heteroatoms. The number of carbonyl (C=O) groups excluding carboxylic acids is 1. The number of carboxylic acid groups (broad SMARTS) is 2. The van der Waals surface area contributed by atoms with E-state index in [4.69, 9.17) is 34.0 Å². The lowest BCUT2D eigenvalue weighted by Gasteiger charge is -2.34. The van der Waals surface area contributed by atoms with Crippen LogP contribution in [0.2, 0.25) is 0 Å². The molecule has 1 aliphatic heterocycles. The summed E-state index contributed by atoms with van der Waals surface area (Å²) in [5, 5.41) is 14.8. The minimum atomic E-state index is -1.82. The Balaban J connectivity index is 0.000000604. The van der Waals surface area contributed by atoms with E-state index in [0.717, 1.165) is 36.9 Å². The Hall–Kier alpha value is -3.79. The molecule has 1 saturated heterocycles. The van der Waals surface area contributed by atoms with Gasteiger partial charge in [-0.15, -0.1) is 0 Å². The van der Waals surface area contributed by atoms with Gasteiger partial charge in [-0.3, -0.25) is 9.69 Å². The van der Waals surface area contributed by atoms with Crippen LogP contribution in [0.3, 0.4) is 0 Å². The summed E-state index contributed by atoms with van der Waals surface area (Å²) in [7, 11) is 1.65. The molecule has 3 rings (SSSR count). The van der Waals surface area contributed by atoms with Gasteiger partial charge in [0, 0.05) is 32.7 Å². The van der Waals surface area contributed by atoms with E-state index in [0.29, 0.717) is 19.7 Å². The minimum absolute atomic E-state index is 0.0339. The van der Waals surface area contributed by atoms with Crippen LogP contribution in [0.15, 0.2) is 48.5 Å². The van der Waals surface area contributed by atoms with Crippen LogP contribution in [0.4, 0.5) is 0 Å². The van der Waals surface area contributed by atoms with Gasteiger partial charge in [-0.1, -0.05) is 24.3 Å². The van der Waals surface area contributed by atoms with E-state index in [2.05, 4.69) is 11.0 Å². The van der Waals surface area contributed by atoms with Crippen molar-refractivity contribution in [2.24, 2.45) is 0 Å². The summed E-state index contributed by atoms with van der Waals surface area (Å²) in [6.45, 7) is 6.58. The molecule has 0 spiro atoms. The SMILES string of the molecule is CCOc1cc(CN2CCN(C(=O)COc3ccccc3)CC2)ccc1OC.O=C(O)C(=O)O. The van der Waals surface area contributed by atoms with Crippen LogP contribution < -0.4 is 14.2 Å². The predicted octanol–water partition coefficient (Wildman–Crippen LogP) is 1.97. The van der Waals surface area contributed by atoms with Crippen LogP contribution in [0.5, 0.6) is 17.2 Å². The van der Waals surface area contributed by atoms with Gasteiger partial charge in [0.2, 0.25) is 0 Å². The van der Waals surface area contributed by atoms with E-state index in [9.17, 15) is 4.79 Å². The Labute approximate surface area is 198 Å². The largest absolute Gasteiger partial charge is 0.493 e. The second kappa shape index (κ2) is 13.7. The summed E-state index contributed by atoms with van der Waals surface area (Å²) >= 11 is 0. The monoisotopic (exact) mass is 474 g/mol. The topological polar surface area (TPSA) is 126 Å². The van der Waals surface area contributed by atoms with E-state index in [-0.39, 0.29) is 12.5 Å². The first kappa shape index (κ1) is 26.5. The fourth-order valence-electron chi connectivity index (χ4n) is 3.25. The molecule has 2 N–H and O–H groups in total. The Morgan fingerprint density at radius 3 is 2.09 bits per heavy atom. The number of nitrogens with zero attached hydrogens (tertiary/aromatic N) is 2. The lowest BCUT2D eigenvalue weighted by Crippen LogP contribution is -2.49. The molecule has 184 valence electrons. The Bertz CT molecular complexity index is 931. The molecule has 0 aromatic heterocycles. The third-order valence-corrected chi connectivity index (χ3v) is 4.95. The molecule has 1 amide bonds. The van der Waals surface area contributed by atoms with Gasteiger partial charge in [0.15, 0.2) is 18.1 Å². The molecule has 0 aliphatic carbocycles. The number of piperazine rings is 1. The number of benzene rings is 2. The van der Waals surface area contributed by atoms with Crippen LogP contribution in [0.1, 0.15) is 12.5 Å². The normalized spacial score (nSPS) is 13.3. The molecular weight excluding hydrogens is 444 g/mol. The average molecular weight is 475 g/mol. The second-order valence-electron chi connectivity index (χ2n) is 7.29. The highest BCUT2D eigenvalue weighted by atomic mass is 16.5. The third kappa shape index (κ3) is 8.62. The summed E-state index contributed by atoms with van der Waals surface area (Å²) < 4.78 is 16.6. The number of ether oxygens (including phenoxy) is 3. The summed E-state index contributed by atoms with van der Waals surface area (Å²) in [4.78, 5) is 34.8. The van der Waals surface area contributed by atoms with Gasteiger partial charge >= 0.3 is 11.9 Å². The molecule has 1 heterocycles. The molecule has 0 unspecified atom stereocenters. The summed E-state index contributed by atoms with van der Waals surface area (Å²) in [5.74, 6) is -1.37. The second-order valence-corrected chi connectivity index (χ2v) is 7.29. The van der Waals surface area contributed by atoms with Gasteiger partial charge in [-0.05, 0) is 36.8 Å². The molecule has 0 radical (unpaired) electrons. The summed E-state index contributed by atoms with van der Waals surface area (Å²) in [6, 6.07) is 15.5. The maximum atomic E-state index is 12.4. The molecule has 34 heavy (non-hydrogen) atoms. The number of amides is 1. The zero-order chi connectivity index (χ0) is 24.9. The van der Waals surface area contributed by atoms with E-state index in [1.165, 1.54) is 5.56 Å². The van der Waals surface area contributed by atoms with Crippen molar-refractivity contribution in [3.05, 3.63) is 54.1 Å². The predicted molar refractivity (Wildman–Crippen MR) is 123 cm³/mol. The number of para-hydroxylation sites is 1. The van der Waals surface area contributed by atoms with Gasteiger partial charge in [0.05, 0.1) is 13.7 Å². The van der Waals surface area contributed by atoms with E-state index in [1.807, 2.05) is 54.3 Å². The number of hydrogen-bond donors (Lipinski definition) is 2. The van der Waals surface area contributed by atoms with Gasteiger partial charge in [0.1, 0.15) is 5.75 Å². The average Bonchev–Trinajstić information content (AvgIpc) is 2.84. The van der Waals surface area contributed by atoms with Crippen molar-refractivity contribution < 1.29 is 38.8 Å². The highest BCUT2D eigenvalue weighted by Gasteiger charge is 2.21. The summed E-state index contributed by atoms with van der Waals surface area (Å²) in [6.07, 6.45) is 0. The number of hydrogen-bond acceptors (Lipinski definition) is 7. The van der Waals surface area contributed by atoms with Crippen LogP contribution in [0.25, 0.3) is 0 Å². The molecule has 0 bridgehead atoms. The molecule has 0 atom stereocenters. The first-order valence-corrected chi connectivity index (χ1v) is 10.8. The van der Waals surface area contributed by atoms with Gasteiger partial charge in [-0.25, -0.2) is 9.59 Å². The van der Waals surface area contributed by atoms with E-state index >= 15 is 0 Å². The fraction of sp³-hybridized carbons (Fsp3) is 0.375. The van der Waals surface area contributed by atoms with Crippen LogP contribution in [-0.2, 0) is 20.9 Å². The highest BCUT2D eigenvalue weighted by Crippen LogP contribution is 2.28. The minimum Gasteiger partial charge on any atom is -0.493 e. The van der Waals surface area contributed by atoms with Crippen molar-refractivity contribution in [1.29, 1.82) is 0 Å². The highest BCUT2D eigenvalue weighted by molar-refractivity contribution is 6.27. The van der Waals surface area contributed by atoms with Gasteiger partial charge in [-0.2, -0.15) is 0 Å². The number of methoxy groups -OCH3 is 1. The van der Waals surface area contributed by atoms with Gasteiger partial charge < -0.3 is 29.3 Å². The van der Waals surface area contributed by atoms with Crippen molar-refractivity contribution in [3.8, 4) is 17.2 Å². The summed E-state index contributed by atoms with van der Waals surface area (Å²) in [5.41, 5.74) is 1.18. The smallest absolute Gasteiger partial charge is 0.414 e. The number of carboxylic acids is 2. The first-order valence-electron chi connectivity index (χ1n) is 10.8. The van der Waals surface area contributed by atoms with Crippen LogP contribution >= 0.6 is 0 Å². The Kier molecular flexibility index (Phi) is 10.7. The Morgan fingerprint density at radius 1 is 0.882 bits per heavy atom. The lowest BCUT2D eigenvalue weighted by atomic mass is 10.1. The van der Waals surface area contributed by atoms with Crippen molar-refractivity contribution in [3.63, 3.8) is 0 Å². The molecule has 2 aromatic carbocycles. The van der Waals surface area contributed by atoms with E-state index < -0.39 is 11.9 Å². The van der Waals surface area contributed by atoms with Crippen LogP contribution in [0, 0.1) is 0 Å². The molecule has 2 aromatic rings. The fourth-order valence-corrected chi connectivity index (χ4v) is 3.25. The Morgan fingerprint density at radius 2 is 1.53 bits per heavy atom. The van der Waals surface area contributed by atoms with Crippen molar-refractivity contribution in [1.82, 2.24) is 9.80 Å². The van der Waals surface area contributed by atoms with Crippen LogP contribution in [-0.4, -0.2) is 84.4 Å². The molecular formula is C24H30N2O8. The van der Waals surface area contributed by atoms with Crippen molar-refractivity contribution in [2.45, 2.75) is 13.5 Å². The number of carbonyl (C=O) groups is 3. The lowest BCUT2D eigenvalue weighted by molar-refractivity contribution is -0.159. The molecule has 1 fully saturated rings. The molecule has 10 nitrogen and oxygen atoms in total. The van der Waals surface area contributed by atoms with E-state index in [1.54, 1.807) is 7.11 Å². The maximum Gasteiger partial charge on any atom is 0.414 e. The zero-order valence-corrected chi connectivity index (χ0v) is 19.3. The van der Waals surface area contributed by atoms with Crippen molar-refractivity contribution >= 4 is 17.8 Å². The maximum absolute atomic E-state index is 12.4. The molecule has 0 saturated carbocycles.